The van der Waals surface area contributed by atoms with E-state index in [2.05, 4.69) is 31.1 Å². The third kappa shape index (κ3) is 4.47. The van der Waals surface area contributed by atoms with Crippen LogP contribution in [-0.2, 0) is 25.9 Å². The number of carbonyl (C=O) groups is 1. The molecule has 0 saturated carbocycles. The van der Waals surface area contributed by atoms with Crippen molar-refractivity contribution in [3.63, 3.8) is 0 Å². The van der Waals surface area contributed by atoms with Crippen molar-refractivity contribution in [2.45, 2.75) is 59.5 Å². The molecule has 7 nitrogen and oxygen atoms in total. The third-order valence-corrected chi connectivity index (χ3v) is 6.23. The molecule has 32 heavy (non-hydrogen) atoms. The summed E-state index contributed by atoms with van der Waals surface area (Å²) in [6.45, 7) is 7.42. The third-order valence-electron chi connectivity index (χ3n) is 6.23. The maximum absolute atomic E-state index is 12.8. The lowest BCUT2D eigenvalue weighted by atomic mass is 9.91. The van der Waals surface area contributed by atoms with Crippen molar-refractivity contribution in [3.05, 3.63) is 75.2 Å². The zero-order chi connectivity index (χ0) is 22.8. The molecule has 0 saturated heterocycles. The Kier molecular flexibility index (Phi) is 6.17. The molecule has 2 aromatic heterocycles. The molecule has 0 aliphatic heterocycles. The second-order valence-corrected chi connectivity index (χ2v) is 8.55. The number of hydrogen-bond donors (Lipinski definition) is 1. The van der Waals surface area contributed by atoms with Gasteiger partial charge >= 0.3 is 11.7 Å². The average molecular weight is 436 g/mol. The van der Waals surface area contributed by atoms with E-state index in [1.807, 2.05) is 25.1 Å². The predicted octanol–water partition coefficient (Wildman–Crippen LogP) is 4.60. The van der Waals surface area contributed by atoms with Crippen LogP contribution in [0.15, 0.2) is 56.8 Å². The van der Waals surface area contributed by atoms with Gasteiger partial charge in [0, 0.05) is 18.4 Å². The molecule has 2 heterocycles. The van der Waals surface area contributed by atoms with E-state index < -0.39 is 5.97 Å². The SMILES string of the molecule is CCn1c(CCCc2ccc3oc(C(=O)O)cc3c2)nn(CC2=CCC(C)C(C)=C2)c1=O. The molecule has 1 aliphatic carbocycles. The van der Waals surface area contributed by atoms with Crippen molar-refractivity contribution in [2.75, 3.05) is 0 Å². The van der Waals surface area contributed by atoms with Gasteiger partial charge in [-0.3, -0.25) is 4.57 Å². The Morgan fingerprint density at radius 1 is 1.28 bits per heavy atom. The molecule has 0 amide bonds. The Morgan fingerprint density at radius 2 is 2.09 bits per heavy atom. The molecule has 0 radical (unpaired) electrons. The molecule has 1 atom stereocenters. The molecule has 1 aromatic carbocycles. The number of fused-ring (bicyclic) bond motifs is 1. The monoisotopic (exact) mass is 435 g/mol. The molecule has 168 valence electrons. The predicted molar refractivity (Wildman–Crippen MR) is 123 cm³/mol. The van der Waals surface area contributed by atoms with E-state index in [-0.39, 0.29) is 11.4 Å². The minimum Gasteiger partial charge on any atom is -0.475 e. The van der Waals surface area contributed by atoms with E-state index in [9.17, 15) is 9.59 Å². The fourth-order valence-electron chi connectivity index (χ4n) is 4.19. The normalized spacial score (nSPS) is 16.3. The summed E-state index contributed by atoms with van der Waals surface area (Å²) in [6, 6.07) is 7.27. The number of aryl methyl sites for hydroxylation is 2. The van der Waals surface area contributed by atoms with Gasteiger partial charge in [-0.15, -0.1) is 0 Å². The number of aromatic nitrogens is 3. The second kappa shape index (κ2) is 9.02. The summed E-state index contributed by atoms with van der Waals surface area (Å²) in [5, 5.41) is 14.5. The van der Waals surface area contributed by atoms with Gasteiger partial charge < -0.3 is 9.52 Å². The van der Waals surface area contributed by atoms with Crippen molar-refractivity contribution < 1.29 is 14.3 Å². The van der Waals surface area contributed by atoms with Gasteiger partial charge in [0.1, 0.15) is 11.4 Å². The molecule has 3 aromatic rings. The van der Waals surface area contributed by atoms with E-state index >= 15 is 0 Å². The highest BCUT2D eigenvalue weighted by Gasteiger charge is 2.16. The van der Waals surface area contributed by atoms with Crippen molar-refractivity contribution in [2.24, 2.45) is 5.92 Å². The van der Waals surface area contributed by atoms with Gasteiger partial charge in [-0.2, -0.15) is 5.10 Å². The Labute approximate surface area is 186 Å². The summed E-state index contributed by atoms with van der Waals surface area (Å²) in [4.78, 5) is 23.9. The minimum atomic E-state index is -1.07. The number of furan rings is 1. The summed E-state index contributed by atoms with van der Waals surface area (Å²) in [6.07, 6.45) is 7.72. The van der Waals surface area contributed by atoms with Crippen LogP contribution in [0.3, 0.4) is 0 Å². The number of hydrogen-bond acceptors (Lipinski definition) is 4. The topological polar surface area (TPSA) is 90.3 Å². The molecule has 0 spiro atoms. The first-order valence-electron chi connectivity index (χ1n) is 11.1. The van der Waals surface area contributed by atoms with Crippen LogP contribution in [0.1, 0.15) is 55.6 Å². The van der Waals surface area contributed by atoms with E-state index in [4.69, 9.17) is 9.52 Å². The number of carboxylic acids is 1. The lowest BCUT2D eigenvalue weighted by Gasteiger charge is -2.16. The lowest BCUT2D eigenvalue weighted by Crippen LogP contribution is -2.25. The Morgan fingerprint density at radius 3 is 2.81 bits per heavy atom. The van der Waals surface area contributed by atoms with Crippen LogP contribution >= 0.6 is 0 Å². The van der Waals surface area contributed by atoms with Crippen molar-refractivity contribution in [3.8, 4) is 0 Å². The lowest BCUT2D eigenvalue weighted by molar-refractivity contribution is 0.0665. The summed E-state index contributed by atoms with van der Waals surface area (Å²) in [5.74, 6) is 0.235. The van der Waals surface area contributed by atoms with Gasteiger partial charge in [-0.05, 0) is 68.4 Å². The first-order valence-corrected chi connectivity index (χ1v) is 11.1. The zero-order valence-corrected chi connectivity index (χ0v) is 18.8. The summed E-state index contributed by atoms with van der Waals surface area (Å²) < 4.78 is 8.65. The molecule has 1 unspecified atom stereocenters. The standard InChI is InChI=1S/C25H29N3O4/c1-4-27-23(26-28(25(27)31)15-19-9-8-16(2)17(3)12-19)7-5-6-18-10-11-21-20(13-18)14-22(32-21)24(29)30/h9-14,16H,4-8,15H2,1-3H3,(H,29,30). The summed E-state index contributed by atoms with van der Waals surface area (Å²) in [5.41, 5.74) is 4.09. The van der Waals surface area contributed by atoms with Crippen molar-refractivity contribution in [1.82, 2.24) is 14.3 Å². The number of benzene rings is 1. The van der Waals surface area contributed by atoms with Crippen LogP contribution in [0.25, 0.3) is 11.0 Å². The summed E-state index contributed by atoms with van der Waals surface area (Å²) in [7, 11) is 0. The molecule has 7 heteroatoms. The van der Waals surface area contributed by atoms with Crippen LogP contribution in [0, 0.1) is 5.92 Å². The van der Waals surface area contributed by atoms with E-state index in [1.54, 1.807) is 15.3 Å². The summed E-state index contributed by atoms with van der Waals surface area (Å²) >= 11 is 0. The first-order chi connectivity index (χ1) is 15.4. The van der Waals surface area contributed by atoms with Gasteiger partial charge in [0.15, 0.2) is 0 Å². The first kappa shape index (κ1) is 21.9. The van der Waals surface area contributed by atoms with E-state index in [1.165, 1.54) is 5.57 Å². The Bertz CT molecular complexity index is 1270. The molecule has 4 rings (SSSR count). The van der Waals surface area contributed by atoms with E-state index in [0.29, 0.717) is 31.0 Å². The van der Waals surface area contributed by atoms with Crippen LogP contribution in [0.2, 0.25) is 0 Å². The smallest absolute Gasteiger partial charge is 0.371 e. The van der Waals surface area contributed by atoms with Crippen molar-refractivity contribution >= 4 is 16.9 Å². The maximum Gasteiger partial charge on any atom is 0.371 e. The van der Waals surface area contributed by atoms with Gasteiger partial charge in [-0.1, -0.05) is 30.7 Å². The molecule has 0 fully saturated rings. The quantitative estimate of drug-likeness (QED) is 0.559. The van der Waals surface area contributed by atoms with Gasteiger partial charge in [-0.25, -0.2) is 14.3 Å². The fraction of sp³-hybridized carbons (Fsp3) is 0.400. The average Bonchev–Trinajstić information content (AvgIpc) is 3.31. The second-order valence-electron chi connectivity index (χ2n) is 8.55. The highest BCUT2D eigenvalue weighted by Crippen LogP contribution is 2.24. The number of carboxylic acid groups (broad SMARTS) is 1. The van der Waals surface area contributed by atoms with Gasteiger partial charge in [0.2, 0.25) is 5.76 Å². The van der Waals surface area contributed by atoms with Crippen LogP contribution in [-0.4, -0.2) is 25.4 Å². The Balaban J connectivity index is 1.44. The molecular weight excluding hydrogens is 406 g/mol. The highest BCUT2D eigenvalue weighted by molar-refractivity contribution is 5.91. The minimum absolute atomic E-state index is 0.0535. The molecule has 0 bridgehead atoms. The molecule has 1 aliphatic rings. The van der Waals surface area contributed by atoms with Crippen molar-refractivity contribution in [1.29, 1.82) is 0 Å². The van der Waals surface area contributed by atoms with Gasteiger partial charge in [0.25, 0.3) is 0 Å². The number of aromatic carboxylic acids is 1. The number of allylic oxidation sites excluding steroid dienone is 4. The van der Waals surface area contributed by atoms with Crippen LogP contribution in [0.4, 0.5) is 0 Å². The molecular formula is C25H29N3O4. The maximum atomic E-state index is 12.8. The Hall–Kier alpha value is -3.35. The molecule has 1 N–H and O–H groups in total. The van der Waals surface area contributed by atoms with Crippen LogP contribution in [0.5, 0.6) is 0 Å². The number of rotatable bonds is 8. The largest absolute Gasteiger partial charge is 0.475 e. The van der Waals surface area contributed by atoms with Crippen LogP contribution < -0.4 is 5.69 Å². The van der Waals surface area contributed by atoms with E-state index in [0.717, 1.165) is 41.6 Å². The number of nitrogens with zero attached hydrogens (tertiary/aromatic N) is 3. The van der Waals surface area contributed by atoms with Gasteiger partial charge in [0.05, 0.1) is 6.54 Å². The zero-order valence-electron chi connectivity index (χ0n) is 18.8. The fourth-order valence-corrected chi connectivity index (χ4v) is 4.19. The highest BCUT2D eigenvalue weighted by atomic mass is 16.4.